The Kier molecular flexibility index (Phi) is 3.87. The zero-order chi connectivity index (χ0) is 14.9. The Morgan fingerprint density at radius 3 is 2.50 bits per heavy atom. The molecule has 0 aliphatic rings. The Bertz CT molecular complexity index is 743. The molecule has 0 spiro atoms. The van der Waals surface area contributed by atoms with Crippen LogP contribution in [0.15, 0.2) is 41.3 Å². The molecular formula is C13H12ClFN2O2S. The summed E-state index contributed by atoms with van der Waals surface area (Å²) in [5.74, 6) is -0.632. The number of aryl methyl sites for hydroxylation is 1. The normalized spacial score (nSPS) is 11.3. The molecule has 0 fully saturated rings. The number of nitrogens with one attached hydrogen (secondary N) is 1. The molecular weight excluding hydrogens is 303 g/mol. The molecule has 0 amide bonds. The summed E-state index contributed by atoms with van der Waals surface area (Å²) in [6.07, 6.45) is 0. The molecule has 0 unspecified atom stereocenters. The summed E-state index contributed by atoms with van der Waals surface area (Å²) >= 11 is 5.68. The van der Waals surface area contributed by atoms with E-state index in [4.69, 9.17) is 17.3 Å². The van der Waals surface area contributed by atoms with Gasteiger partial charge < -0.3 is 5.73 Å². The fourth-order valence-corrected chi connectivity index (χ4v) is 3.11. The van der Waals surface area contributed by atoms with Crippen LogP contribution in [0.25, 0.3) is 0 Å². The first kappa shape index (κ1) is 14.6. The van der Waals surface area contributed by atoms with E-state index in [1.807, 2.05) is 0 Å². The molecule has 2 rings (SSSR count). The number of benzene rings is 2. The average molecular weight is 315 g/mol. The van der Waals surface area contributed by atoms with E-state index in [0.717, 1.165) is 17.7 Å². The van der Waals surface area contributed by atoms with Gasteiger partial charge in [0.15, 0.2) is 0 Å². The van der Waals surface area contributed by atoms with Crippen LogP contribution in [0.4, 0.5) is 15.8 Å². The fourth-order valence-electron chi connectivity index (χ4n) is 1.74. The Morgan fingerprint density at radius 1 is 1.20 bits per heavy atom. The zero-order valence-corrected chi connectivity index (χ0v) is 12.1. The molecule has 0 atom stereocenters. The van der Waals surface area contributed by atoms with Crippen molar-refractivity contribution in [1.29, 1.82) is 0 Å². The van der Waals surface area contributed by atoms with Crippen LogP contribution >= 0.6 is 11.6 Å². The van der Waals surface area contributed by atoms with Crippen LogP contribution < -0.4 is 10.5 Å². The third kappa shape index (κ3) is 3.20. The first-order valence-electron chi connectivity index (χ1n) is 5.63. The highest BCUT2D eigenvalue weighted by Gasteiger charge is 2.18. The van der Waals surface area contributed by atoms with Gasteiger partial charge in [-0.25, -0.2) is 12.8 Å². The molecule has 4 nitrogen and oxygen atoms in total. The number of halogens is 2. The number of nitrogen functional groups attached to an aromatic ring is 1. The highest BCUT2D eigenvalue weighted by molar-refractivity contribution is 7.92. The molecule has 0 aliphatic carbocycles. The lowest BCUT2D eigenvalue weighted by molar-refractivity contribution is 0.601. The minimum Gasteiger partial charge on any atom is -0.398 e. The topological polar surface area (TPSA) is 72.2 Å². The summed E-state index contributed by atoms with van der Waals surface area (Å²) in [5, 5.41) is 0.0968. The summed E-state index contributed by atoms with van der Waals surface area (Å²) in [5.41, 5.74) is 6.71. The molecule has 0 bridgehead atoms. The predicted octanol–water partition coefficient (Wildman–Crippen LogP) is 3.17. The second-order valence-electron chi connectivity index (χ2n) is 4.30. The minimum absolute atomic E-state index is 0.0370. The smallest absolute Gasteiger partial charge is 0.263 e. The largest absolute Gasteiger partial charge is 0.398 e. The van der Waals surface area contributed by atoms with Crippen molar-refractivity contribution in [1.82, 2.24) is 0 Å². The van der Waals surface area contributed by atoms with Crippen molar-refractivity contribution in [3.63, 3.8) is 0 Å². The molecule has 106 valence electrons. The molecule has 0 heterocycles. The SMILES string of the molecule is Cc1ccc(S(=O)(=O)Nc2cc(F)cc(Cl)c2)c(N)c1. The highest BCUT2D eigenvalue weighted by atomic mass is 35.5. The summed E-state index contributed by atoms with van der Waals surface area (Å²) in [7, 11) is -3.89. The van der Waals surface area contributed by atoms with Gasteiger partial charge in [-0.2, -0.15) is 0 Å². The van der Waals surface area contributed by atoms with Gasteiger partial charge in [0.1, 0.15) is 10.7 Å². The Morgan fingerprint density at radius 2 is 1.90 bits per heavy atom. The van der Waals surface area contributed by atoms with Crippen molar-refractivity contribution < 1.29 is 12.8 Å². The molecule has 3 N–H and O–H groups in total. The van der Waals surface area contributed by atoms with E-state index in [1.165, 1.54) is 12.1 Å². The number of hydrogen-bond donors (Lipinski definition) is 2. The van der Waals surface area contributed by atoms with E-state index in [1.54, 1.807) is 19.1 Å². The monoisotopic (exact) mass is 314 g/mol. The predicted molar refractivity (Wildman–Crippen MR) is 77.8 cm³/mol. The Balaban J connectivity index is 2.40. The Labute approximate surface area is 121 Å². The quantitative estimate of drug-likeness (QED) is 0.855. The number of hydrogen-bond acceptors (Lipinski definition) is 3. The van der Waals surface area contributed by atoms with E-state index in [-0.39, 0.29) is 21.3 Å². The standard InChI is InChI=1S/C13H12ClFN2O2S/c1-8-2-3-13(12(16)4-8)20(18,19)17-11-6-9(14)5-10(15)7-11/h2-7,17H,16H2,1H3. The molecule has 7 heteroatoms. The van der Waals surface area contributed by atoms with Gasteiger partial charge in [-0.1, -0.05) is 17.7 Å². The van der Waals surface area contributed by atoms with Crippen LogP contribution in [0.1, 0.15) is 5.56 Å². The highest BCUT2D eigenvalue weighted by Crippen LogP contribution is 2.24. The molecule has 0 aromatic heterocycles. The lowest BCUT2D eigenvalue weighted by Crippen LogP contribution is -2.15. The van der Waals surface area contributed by atoms with Crippen molar-refractivity contribution >= 4 is 33.0 Å². The third-order valence-electron chi connectivity index (χ3n) is 2.57. The second-order valence-corrected chi connectivity index (χ2v) is 6.39. The molecule has 0 aliphatic heterocycles. The second kappa shape index (κ2) is 5.30. The van der Waals surface area contributed by atoms with Crippen LogP contribution in [0.5, 0.6) is 0 Å². The lowest BCUT2D eigenvalue weighted by atomic mass is 10.2. The number of sulfonamides is 1. The van der Waals surface area contributed by atoms with Gasteiger partial charge >= 0.3 is 0 Å². The van der Waals surface area contributed by atoms with Gasteiger partial charge in [0.25, 0.3) is 10.0 Å². The number of anilines is 2. The van der Waals surface area contributed by atoms with E-state index < -0.39 is 15.8 Å². The van der Waals surface area contributed by atoms with Gasteiger partial charge in [0, 0.05) is 5.02 Å². The van der Waals surface area contributed by atoms with Crippen LogP contribution in [0, 0.1) is 12.7 Å². The van der Waals surface area contributed by atoms with Crippen LogP contribution in [0.3, 0.4) is 0 Å². The summed E-state index contributed by atoms with van der Waals surface area (Å²) in [6.45, 7) is 1.80. The van der Waals surface area contributed by atoms with Crippen molar-refractivity contribution in [2.24, 2.45) is 0 Å². The zero-order valence-electron chi connectivity index (χ0n) is 10.5. The maximum atomic E-state index is 13.2. The van der Waals surface area contributed by atoms with E-state index >= 15 is 0 Å². The molecule has 20 heavy (non-hydrogen) atoms. The Hall–Kier alpha value is -1.79. The van der Waals surface area contributed by atoms with Gasteiger partial charge in [-0.15, -0.1) is 0 Å². The molecule has 0 saturated heterocycles. The molecule has 2 aromatic rings. The first-order valence-corrected chi connectivity index (χ1v) is 7.49. The molecule has 0 radical (unpaired) electrons. The van der Waals surface area contributed by atoms with Gasteiger partial charge in [0.2, 0.25) is 0 Å². The lowest BCUT2D eigenvalue weighted by Gasteiger charge is -2.11. The van der Waals surface area contributed by atoms with Gasteiger partial charge in [-0.3, -0.25) is 4.72 Å². The van der Waals surface area contributed by atoms with Gasteiger partial charge in [0.05, 0.1) is 11.4 Å². The average Bonchev–Trinajstić information content (AvgIpc) is 2.25. The van der Waals surface area contributed by atoms with Crippen LogP contribution in [-0.4, -0.2) is 8.42 Å². The minimum atomic E-state index is -3.89. The summed E-state index contributed by atoms with van der Waals surface area (Å²) < 4.78 is 39.8. The van der Waals surface area contributed by atoms with Crippen molar-refractivity contribution in [3.8, 4) is 0 Å². The van der Waals surface area contributed by atoms with Crippen molar-refractivity contribution in [2.75, 3.05) is 10.5 Å². The molecule has 2 aromatic carbocycles. The van der Waals surface area contributed by atoms with Crippen LogP contribution in [0.2, 0.25) is 5.02 Å². The summed E-state index contributed by atoms with van der Waals surface area (Å²) in [4.78, 5) is -0.0662. The number of rotatable bonds is 3. The first-order chi connectivity index (χ1) is 9.28. The van der Waals surface area contributed by atoms with Crippen LogP contribution in [-0.2, 0) is 10.0 Å². The van der Waals surface area contributed by atoms with Gasteiger partial charge in [-0.05, 0) is 42.8 Å². The van der Waals surface area contributed by atoms with Crippen molar-refractivity contribution in [3.05, 3.63) is 52.8 Å². The van der Waals surface area contributed by atoms with Crippen molar-refractivity contribution in [2.45, 2.75) is 11.8 Å². The fraction of sp³-hybridized carbons (Fsp3) is 0.0769. The third-order valence-corrected chi connectivity index (χ3v) is 4.24. The summed E-state index contributed by atoms with van der Waals surface area (Å²) in [6, 6.07) is 8.00. The maximum absolute atomic E-state index is 13.2. The number of nitrogens with two attached hydrogens (primary N) is 1. The van der Waals surface area contributed by atoms with E-state index in [2.05, 4.69) is 4.72 Å². The van der Waals surface area contributed by atoms with E-state index in [0.29, 0.717) is 0 Å². The molecule has 0 saturated carbocycles. The van der Waals surface area contributed by atoms with E-state index in [9.17, 15) is 12.8 Å². The maximum Gasteiger partial charge on any atom is 0.263 e.